The number of hydrogen-bond acceptors (Lipinski definition) is 4. The number of para-hydroxylation sites is 1. The zero-order valence-corrected chi connectivity index (χ0v) is 13.6. The number of benzene rings is 1. The standard InChI is InChI=1S/C17H22N4O/c1-5-21(6-2)17(22)14-10-15(19-11-18-14)20-16-12(3)8-7-9-13(16)4/h7-11H,5-6H2,1-4H3,(H,18,19,20). The lowest BCUT2D eigenvalue weighted by Crippen LogP contribution is -2.31. The van der Waals surface area contributed by atoms with E-state index in [0.717, 1.165) is 16.8 Å². The molecule has 2 aromatic rings. The van der Waals surface area contributed by atoms with Gasteiger partial charge in [-0.05, 0) is 38.8 Å². The molecule has 0 saturated heterocycles. The van der Waals surface area contributed by atoms with Crippen LogP contribution in [0.25, 0.3) is 0 Å². The maximum Gasteiger partial charge on any atom is 0.272 e. The van der Waals surface area contributed by atoms with E-state index in [2.05, 4.69) is 15.3 Å². The molecule has 116 valence electrons. The Bertz CT molecular complexity index is 645. The summed E-state index contributed by atoms with van der Waals surface area (Å²) < 4.78 is 0. The molecule has 1 N–H and O–H groups in total. The summed E-state index contributed by atoms with van der Waals surface area (Å²) in [6, 6.07) is 7.80. The van der Waals surface area contributed by atoms with Crippen molar-refractivity contribution < 1.29 is 4.79 Å². The largest absolute Gasteiger partial charge is 0.340 e. The average molecular weight is 298 g/mol. The van der Waals surface area contributed by atoms with Gasteiger partial charge >= 0.3 is 0 Å². The van der Waals surface area contributed by atoms with Crippen molar-refractivity contribution in [1.29, 1.82) is 0 Å². The molecule has 0 radical (unpaired) electrons. The van der Waals surface area contributed by atoms with E-state index < -0.39 is 0 Å². The quantitative estimate of drug-likeness (QED) is 0.920. The topological polar surface area (TPSA) is 58.1 Å². The Kier molecular flexibility index (Phi) is 5.09. The second kappa shape index (κ2) is 7.02. The van der Waals surface area contributed by atoms with Gasteiger partial charge in [-0.1, -0.05) is 18.2 Å². The molecule has 1 aromatic heterocycles. The van der Waals surface area contributed by atoms with Gasteiger partial charge in [-0.2, -0.15) is 0 Å². The van der Waals surface area contributed by atoms with E-state index in [1.165, 1.54) is 6.33 Å². The fraction of sp³-hybridized carbons (Fsp3) is 0.353. The van der Waals surface area contributed by atoms with E-state index in [1.54, 1.807) is 11.0 Å². The number of hydrogen-bond donors (Lipinski definition) is 1. The summed E-state index contributed by atoms with van der Waals surface area (Å²) in [4.78, 5) is 22.4. The predicted molar refractivity (Wildman–Crippen MR) is 88.5 cm³/mol. The Balaban J connectivity index is 2.27. The van der Waals surface area contributed by atoms with Crippen LogP contribution in [0.5, 0.6) is 0 Å². The van der Waals surface area contributed by atoms with Crippen molar-refractivity contribution in [2.24, 2.45) is 0 Å². The van der Waals surface area contributed by atoms with E-state index in [9.17, 15) is 4.79 Å². The van der Waals surface area contributed by atoms with Crippen LogP contribution in [0.15, 0.2) is 30.6 Å². The third-order valence-corrected chi connectivity index (χ3v) is 3.67. The minimum absolute atomic E-state index is 0.0723. The summed E-state index contributed by atoms with van der Waals surface area (Å²) in [6.07, 6.45) is 1.42. The molecule has 1 heterocycles. The van der Waals surface area contributed by atoms with Crippen molar-refractivity contribution in [3.63, 3.8) is 0 Å². The van der Waals surface area contributed by atoms with Crippen LogP contribution in [0.4, 0.5) is 11.5 Å². The van der Waals surface area contributed by atoms with Crippen LogP contribution in [0.1, 0.15) is 35.5 Å². The summed E-state index contributed by atoms with van der Waals surface area (Å²) in [7, 11) is 0. The number of nitrogens with zero attached hydrogens (tertiary/aromatic N) is 3. The van der Waals surface area contributed by atoms with Crippen LogP contribution in [0.2, 0.25) is 0 Å². The summed E-state index contributed by atoms with van der Waals surface area (Å²) in [5.41, 5.74) is 3.69. The van der Waals surface area contributed by atoms with E-state index in [4.69, 9.17) is 0 Å². The van der Waals surface area contributed by atoms with Gasteiger partial charge in [0.1, 0.15) is 17.8 Å². The van der Waals surface area contributed by atoms with Crippen molar-refractivity contribution in [1.82, 2.24) is 14.9 Å². The number of anilines is 2. The second-order valence-corrected chi connectivity index (χ2v) is 5.16. The first-order chi connectivity index (χ1) is 10.6. The average Bonchev–Trinajstić information content (AvgIpc) is 2.52. The minimum Gasteiger partial charge on any atom is -0.340 e. The van der Waals surface area contributed by atoms with E-state index >= 15 is 0 Å². The maximum absolute atomic E-state index is 12.4. The lowest BCUT2D eigenvalue weighted by Gasteiger charge is -2.18. The summed E-state index contributed by atoms with van der Waals surface area (Å²) in [5, 5.41) is 3.29. The third kappa shape index (κ3) is 3.42. The molecule has 0 spiro atoms. The zero-order chi connectivity index (χ0) is 16.1. The van der Waals surface area contributed by atoms with Gasteiger partial charge in [0.05, 0.1) is 0 Å². The Labute approximate surface area is 131 Å². The van der Waals surface area contributed by atoms with Crippen LogP contribution in [0.3, 0.4) is 0 Å². The molecule has 1 aromatic carbocycles. The summed E-state index contributed by atoms with van der Waals surface area (Å²) in [6.45, 7) is 9.33. The molecule has 0 saturated carbocycles. The second-order valence-electron chi connectivity index (χ2n) is 5.16. The first-order valence-corrected chi connectivity index (χ1v) is 7.51. The molecule has 0 atom stereocenters. The van der Waals surface area contributed by atoms with Crippen molar-refractivity contribution in [3.8, 4) is 0 Å². The van der Waals surface area contributed by atoms with Crippen LogP contribution >= 0.6 is 0 Å². The Morgan fingerprint density at radius 2 is 1.77 bits per heavy atom. The highest BCUT2D eigenvalue weighted by atomic mass is 16.2. The van der Waals surface area contributed by atoms with E-state index in [1.807, 2.05) is 45.9 Å². The first kappa shape index (κ1) is 15.9. The number of rotatable bonds is 5. The van der Waals surface area contributed by atoms with Gasteiger partial charge in [0.2, 0.25) is 0 Å². The van der Waals surface area contributed by atoms with Gasteiger partial charge in [-0.3, -0.25) is 4.79 Å². The molecule has 0 aliphatic rings. The van der Waals surface area contributed by atoms with Gasteiger partial charge in [-0.15, -0.1) is 0 Å². The van der Waals surface area contributed by atoms with E-state index in [0.29, 0.717) is 24.6 Å². The molecule has 2 rings (SSSR count). The van der Waals surface area contributed by atoms with Gasteiger partial charge in [-0.25, -0.2) is 9.97 Å². The first-order valence-electron chi connectivity index (χ1n) is 7.51. The van der Waals surface area contributed by atoms with Gasteiger partial charge in [0.25, 0.3) is 5.91 Å². The molecule has 5 nitrogen and oxygen atoms in total. The third-order valence-electron chi connectivity index (χ3n) is 3.67. The van der Waals surface area contributed by atoms with Gasteiger partial charge in [0.15, 0.2) is 0 Å². The predicted octanol–water partition coefficient (Wildman–Crippen LogP) is 3.32. The number of aromatic nitrogens is 2. The van der Waals surface area contributed by atoms with Gasteiger partial charge in [0, 0.05) is 24.8 Å². The van der Waals surface area contributed by atoms with Crippen LogP contribution in [0, 0.1) is 13.8 Å². The number of amides is 1. The highest BCUT2D eigenvalue weighted by molar-refractivity contribution is 5.93. The molecule has 0 bridgehead atoms. The van der Waals surface area contributed by atoms with Gasteiger partial charge < -0.3 is 10.2 Å². The smallest absolute Gasteiger partial charge is 0.272 e. The van der Waals surface area contributed by atoms with Crippen molar-refractivity contribution in [2.45, 2.75) is 27.7 Å². The lowest BCUT2D eigenvalue weighted by atomic mass is 10.1. The van der Waals surface area contributed by atoms with Crippen molar-refractivity contribution in [3.05, 3.63) is 47.4 Å². The fourth-order valence-electron chi connectivity index (χ4n) is 2.36. The maximum atomic E-state index is 12.4. The highest BCUT2D eigenvalue weighted by Crippen LogP contribution is 2.23. The molecule has 1 amide bonds. The SMILES string of the molecule is CCN(CC)C(=O)c1cc(Nc2c(C)cccc2C)ncn1. The zero-order valence-electron chi connectivity index (χ0n) is 13.6. The summed E-state index contributed by atoms with van der Waals surface area (Å²) >= 11 is 0. The minimum atomic E-state index is -0.0723. The molecule has 0 aliphatic carbocycles. The normalized spacial score (nSPS) is 10.4. The van der Waals surface area contributed by atoms with E-state index in [-0.39, 0.29) is 5.91 Å². The number of aryl methyl sites for hydroxylation is 2. The molecular formula is C17H22N4O. The molecule has 0 fully saturated rings. The molecule has 0 aliphatic heterocycles. The highest BCUT2D eigenvalue weighted by Gasteiger charge is 2.15. The monoisotopic (exact) mass is 298 g/mol. The Morgan fingerprint density at radius 1 is 1.14 bits per heavy atom. The number of carbonyl (C=O) groups is 1. The number of carbonyl (C=O) groups excluding carboxylic acids is 1. The van der Waals surface area contributed by atoms with Crippen LogP contribution in [-0.4, -0.2) is 33.9 Å². The molecule has 5 heteroatoms. The van der Waals surface area contributed by atoms with Crippen LogP contribution < -0.4 is 5.32 Å². The van der Waals surface area contributed by atoms with Crippen molar-refractivity contribution in [2.75, 3.05) is 18.4 Å². The van der Waals surface area contributed by atoms with Crippen LogP contribution in [-0.2, 0) is 0 Å². The summed E-state index contributed by atoms with van der Waals surface area (Å²) in [5.74, 6) is 0.555. The lowest BCUT2D eigenvalue weighted by molar-refractivity contribution is 0.0767. The Hall–Kier alpha value is -2.43. The van der Waals surface area contributed by atoms with Crippen molar-refractivity contribution >= 4 is 17.4 Å². The molecular weight excluding hydrogens is 276 g/mol. The Morgan fingerprint density at radius 3 is 2.36 bits per heavy atom. The molecule has 0 unspecified atom stereocenters. The fourth-order valence-corrected chi connectivity index (χ4v) is 2.36. The molecule has 22 heavy (non-hydrogen) atoms. The number of nitrogens with one attached hydrogen (secondary N) is 1.